The van der Waals surface area contributed by atoms with Gasteiger partial charge in [0.25, 0.3) is 11.1 Å². The lowest BCUT2D eigenvalue weighted by atomic mass is 10.1. The molecule has 2 aromatic carbocycles. The Morgan fingerprint density at radius 3 is 2.76 bits per heavy atom. The number of imide groups is 1. The first-order valence-electron chi connectivity index (χ1n) is 8.67. The van der Waals surface area contributed by atoms with Gasteiger partial charge in [-0.1, -0.05) is 47.4 Å². The number of aryl methyl sites for hydroxylation is 1. The molecule has 0 N–H and O–H groups in total. The molecule has 0 bridgehead atoms. The Kier molecular flexibility index (Phi) is 6.53. The Hall–Kier alpha value is -2.88. The van der Waals surface area contributed by atoms with E-state index in [-0.39, 0.29) is 11.4 Å². The normalized spacial score (nSPS) is 15.0. The van der Waals surface area contributed by atoms with Crippen molar-refractivity contribution in [1.29, 1.82) is 0 Å². The van der Waals surface area contributed by atoms with Gasteiger partial charge in [-0.25, -0.2) is 0 Å². The van der Waals surface area contributed by atoms with E-state index in [1.54, 1.807) is 18.2 Å². The third kappa shape index (κ3) is 4.76. The van der Waals surface area contributed by atoms with Gasteiger partial charge in [0.05, 0.1) is 23.6 Å². The van der Waals surface area contributed by atoms with E-state index in [4.69, 9.17) is 27.5 Å². The highest BCUT2D eigenvalue weighted by atomic mass is 35.5. The number of amides is 2. The zero-order chi connectivity index (χ0) is 21.0. The highest BCUT2D eigenvalue weighted by molar-refractivity contribution is 8.18. The predicted molar refractivity (Wildman–Crippen MR) is 115 cm³/mol. The van der Waals surface area contributed by atoms with E-state index in [0.717, 1.165) is 27.8 Å². The molecule has 2 aromatic rings. The molecule has 1 heterocycles. The molecule has 0 aromatic heterocycles. The van der Waals surface area contributed by atoms with Crippen molar-refractivity contribution in [3.8, 4) is 23.8 Å². The van der Waals surface area contributed by atoms with Crippen LogP contribution in [0.3, 0.4) is 0 Å². The van der Waals surface area contributed by atoms with Crippen molar-refractivity contribution in [3.05, 3.63) is 63.0 Å². The van der Waals surface area contributed by atoms with Gasteiger partial charge in [-0.2, -0.15) is 0 Å². The summed E-state index contributed by atoms with van der Waals surface area (Å²) < 4.78 is 11.3. The molecule has 0 atom stereocenters. The molecule has 0 aliphatic carbocycles. The molecule has 7 heteroatoms. The number of thioether (sulfide) groups is 1. The van der Waals surface area contributed by atoms with Crippen molar-refractivity contribution < 1.29 is 19.1 Å². The topological polar surface area (TPSA) is 55.8 Å². The number of hydrogen-bond acceptors (Lipinski definition) is 5. The first-order valence-corrected chi connectivity index (χ1v) is 9.87. The molecule has 3 rings (SSSR count). The van der Waals surface area contributed by atoms with Crippen LogP contribution in [-0.2, 0) is 11.4 Å². The van der Waals surface area contributed by atoms with Crippen molar-refractivity contribution >= 4 is 40.6 Å². The average Bonchev–Trinajstić information content (AvgIpc) is 2.94. The van der Waals surface area contributed by atoms with Gasteiger partial charge in [0.15, 0.2) is 11.5 Å². The maximum Gasteiger partial charge on any atom is 0.294 e. The molecular formula is C22H18ClNO4S. The summed E-state index contributed by atoms with van der Waals surface area (Å²) >= 11 is 7.25. The molecule has 2 amide bonds. The molecule has 1 fully saturated rings. The lowest BCUT2D eigenvalue weighted by Gasteiger charge is -2.14. The number of terminal acetylenes is 1. The number of nitrogens with zero attached hydrogens (tertiary/aromatic N) is 1. The Balaban J connectivity index is 1.84. The number of methoxy groups -OCH3 is 1. The smallest absolute Gasteiger partial charge is 0.294 e. The number of ether oxygens (including phenoxy) is 2. The van der Waals surface area contributed by atoms with Gasteiger partial charge in [0.2, 0.25) is 0 Å². The van der Waals surface area contributed by atoms with Crippen LogP contribution in [0.4, 0.5) is 4.79 Å². The van der Waals surface area contributed by atoms with E-state index in [1.165, 1.54) is 7.11 Å². The second-order valence-electron chi connectivity index (χ2n) is 6.28. The van der Waals surface area contributed by atoms with Gasteiger partial charge >= 0.3 is 0 Å². The molecule has 29 heavy (non-hydrogen) atoms. The molecule has 148 valence electrons. The summed E-state index contributed by atoms with van der Waals surface area (Å²) in [6.07, 6.45) is 6.79. The Bertz CT molecular complexity index is 1040. The Morgan fingerprint density at radius 1 is 1.28 bits per heavy atom. The van der Waals surface area contributed by atoms with Gasteiger partial charge in [0.1, 0.15) is 6.61 Å². The second-order valence-corrected chi connectivity index (χ2v) is 7.68. The summed E-state index contributed by atoms with van der Waals surface area (Å²) in [7, 11) is 1.51. The summed E-state index contributed by atoms with van der Waals surface area (Å²) in [5.74, 6) is 2.72. The summed E-state index contributed by atoms with van der Waals surface area (Å²) in [6.45, 7) is 2.29. The monoisotopic (exact) mass is 427 g/mol. The highest BCUT2D eigenvalue weighted by Crippen LogP contribution is 2.39. The minimum Gasteiger partial charge on any atom is -0.493 e. The first kappa shape index (κ1) is 20.8. The van der Waals surface area contributed by atoms with E-state index >= 15 is 0 Å². The van der Waals surface area contributed by atoms with E-state index in [0.29, 0.717) is 28.7 Å². The molecule has 0 saturated carbocycles. The van der Waals surface area contributed by atoms with Crippen molar-refractivity contribution in [2.24, 2.45) is 0 Å². The summed E-state index contributed by atoms with van der Waals surface area (Å²) in [5, 5.41) is -0.0542. The minimum absolute atomic E-state index is 0.0577. The zero-order valence-electron chi connectivity index (χ0n) is 15.9. The van der Waals surface area contributed by atoms with Crippen LogP contribution < -0.4 is 9.47 Å². The maximum atomic E-state index is 12.3. The number of rotatable bonds is 6. The van der Waals surface area contributed by atoms with Crippen LogP contribution in [0, 0.1) is 19.3 Å². The third-order valence-corrected chi connectivity index (χ3v) is 5.33. The number of hydrogen-bond donors (Lipinski definition) is 0. The largest absolute Gasteiger partial charge is 0.493 e. The average molecular weight is 428 g/mol. The van der Waals surface area contributed by atoms with Gasteiger partial charge in [0, 0.05) is 0 Å². The summed E-state index contributed by atoms with van der Waals surface area (Å²) in [4.78, 5) is 25.6. The molecule has 1 aliphatic rings. The maximum absolute atomic E-state index is 12.3. The number of carbonyl (C=O) groups excluding carboxylic acids is 2. The molecule has 0 radical (unpaired) electrons. The fourth-order valence-corrected chi connectivity index (χ4v) is 3.91. The molecule has 0 spiro atoms. The molecule has 1 saturated heterocycles. The quantitative estimate of drug-likeness (QED) is 0.484. The minimum atomic E-state index is -0.423. The fourth-order valence-electron chi connectivity index (χ4n) is 2.80. The Morgan fingerprint density at radius 2 is 2.07 bits per heavy atom. The SMILES string of the molecule is C#CCN1C(=O)SC(=Cc2cc(Cl)c(OCc3cccc(C)c3)c(OC)c2)C1=O. The molecule has 5 nitrogen and oxygen atoms in total. The second kappa shape index (κ2) is 9.08. The van der Waals surface area contributed by atoms with Crippen LogP contribution in [0.1, 0.15) is 16.7 Å². The van der Waals surface area contributed by atoms with Crippen molar-refractivity contribution in [3.63, 3.8) is 0 Å². The fraction of sp³-hybridized carbons (Fsp3) is 0.182. The van der Waals surface area contributed by atoms with Gasteiger partial charge in [-0.3, -0.25) is 14.5 Å². The van der Waals surface area contributed by atoms with E-state index < -0.39 is 11.1 Å². The van der Waals surface area contributed by atoms with Crippen LogP contribution in [0.2, 0.25) is 5.02 Å². The molecular weight excluding hydrogens is 410 g/mol. The van der Waals surface area contributed by atoms with Gasteiger partial charge in [-0.15, -0.1) is 6.42 Å². The summed E-state index contributed by atoms with van der Waals surface area (Å²) in [5.41, 5.74) is 2.76. The number of benzene rings is 2. The lowest BCUT2D eigenvalue weighted by Crippen LogP contribution is -2.28. The van der Waals surface area contributed by atoms with Crippen LogP contribution in [0.5, 0.6) is 11.5 Å². The van der Waals surface area contributed by atoms with Crippen molar-refractivity contribution in [1.82, 2.24) is 4.90 Å². The van der Waals surface area contributed by atoms with Crippen LogP contribution in [-0.4, -0.2) is 29.7 Å². The first-order chi connectivity index (χ1) is 13.9. The van der Waals surface area contributed by atoms with Crippen LogP contribution in [0.25, 0.3) is 6.08 Å². The van der Waals surface area contributed by atoms with E-state index in [2.05, 4.69) is 5.92 Å². The summed E-state index contributed by atoms with van der Waals surface area (Å²) in [6, 6.07) is 11.3. The van der Waals surface area contributed by atoms with Crippen LogP contribution in [0.15, 0.2) is 41.3 Å². The lowest BCUT2D eigenvalue weighted by molar-refractivity contribution is -0.122. The number of halogens is 1. The van der Waals surface area contributed by atoms with Crippen molar-refractivity contribution in [2.75, 3.05) is 13.7 Å². The third-order valence-electron chi connectivity index (χ3n) is 4.14. The van der Waals surface area contributed by atoms with Crippen molar-refractivity contribution in [2.45, 2.75) is 13.5 Å². The molecule has 1 aliphatic heterocycles. The highest BCUT2D eigenvalue weighted by Gasteiger charge is 2.34. The Labute approximate surface area is 178 Å². The van der Waals surface area contributed by atoms with Gasteiger partial charge in [-0.05, 0) is 48.0 Å². The predicted octanol–water partition coefficient (Wildman–Crippen LogP) is 4.91. The van der Waals surface area contributed by atoms with E-state index in [9.17, 15) is 9.59 Å². The van der Waals surface area contributed by atoms with Gasteiger partial charge < -0.3 is 9.47 Å². The standard InChI is InChI=1S/C22H18ClNO4S/c1-4-8-24-21(25)19(29-22(24)26)12-16-10-17(23)20(18(11-16)27-3)28-13-15-7-5-6-14(2)9-15/h1,5-7,9-12H,8,13H2,2-3H3. The van der Waals surface area contributed by atoms with E-state index in [1.807, 2.05) is 31.2 Å². The zero-order valence-corrected chi connectivity index (χ0v) is 17.5. The van der Waals surface area contributed by atoms with Crippen LogP contribution >= 0.6 is 23.4 Å². The number of carbonyl (C=O) groups is 2. The molecule has 0 unspecified atom stereocenters.